The Kier molecular flexibility index (Phi) is 7.32. The molecule has 9 nitrogen and oxygen atoms in total. The van der Waals surface area contributed by atoms with Crippen LogP contribution in [-0.4, -0.2) is 48.6 Å². The lowest BCUT2D eigenvalue weighted by Crippen LogP contribution is -2.51. The van der Waals surface area contributed by atoms with E-state index in [1.54, 1.807) is 19.1 Å². The van der Waals surface area contributed by atoms with E-state index in [4.69, 9.17) is 9.47 Å². The molecule has 2 aromatic carbocycles. The highest BCUT2D eigenvalue weighted by Crippen LogP contribution is 2.40. The number of hydrogen-bond donors (Lipinski definition) is 0. The molecule has 4 rings (SSSR count). The van der Waals surface area contributed by atoms with Gasteiger partial charge in [-0.3, -0.25) is 4.90 Å². The zero-order valence-corrected chi connectivity index (χ0v) is 21.1. The highest BCUT2D eigenvalue weighted by molar-refractivity contribution is 6.00. The van der Waals surface area contributed by atoms with Crippen molar-refractivity contribution in [2.24, 2.45) is 4.99 Å². The minimum atomic E-state index is -4.65. The number of allylic oxidation sites excluding steroid dienone is 1. The summed E-state index contributed by atoms with van der Waals surface area (Å²) in [7, 11) is 1.21. The lowest BCUT2D eigenvalue weighted by Gasteiger charge is -2.41. The zero-order chi connectivity index (χ0) is 28.5. The number of alkyl halides is 3. The van der Waals surface area contributed by atoms with Gasteiger partial charge in [0.1, 0.15) is 6.10 Å². The van der Waals surface area contributed by atoms with E-state index < -0.39 is 41.9 Å². The molecule has 0 saturated carbocycles. The number of ether oxygens (including phenoxy) is 2. The molecule has 2 aromatic rings. The Hall–Kier alpha value is -4.84. The normalized spacial score (nSPS) is 21.2. The third kappa shape index (κ3) is 5.14. The van der Waals surface area contributed by atoms with Gasteiger partial charge >= 0.3 is 18.2 Å². The van der Waals surface area contributed by atoms with Gasteiger partial charge in [-0.1, -0.05) is 18.2 Å². The topological polar surface area (TPSA) is 119 Å². The largest absolute Gasteiger partial charge is 0.474 e. The van der Waals surface area contributed by atoms with Gasteiger partial charge < -0.3 is 14.4 Å². The van der Waals surface area contributed by atoms with E-state index in [2.05, 4.69) is 11.1 Å². The summed E-state index contributed by atoms with van der Waals surface area (Å²) in [5, 5.41) is 19.4. The monoisotopic (exact) mass is 537 g/mol. The van der Waals surface area contributed by atoms with E-state index in [1.807, 2.05) is 6.07 Å². The zero-order valence-electron chi connectivity index (χ0n) is 21.1. The molecule has 0 N–H and O–H groups in total. The first-order valence-electron chi connectivity index (χ1n) is 11.7. The third-order valence-corrected chi connectivity index (χ3v) is 6.45. The summed E-state index contributed by atoms with van der Waals surface area (Å²) < 4.78 is 50.9. The van der Waals surface area contributed by atoms with Crippen LogP contribution >= 0.6 is 0 Å². The fourth-order valence-electron chi connectivity index (χ4n) is 4.53. The van der Waals surface area contributed by atoms with E-state index >= 15 is 0 Å². The van der Waals surface area contributed by atoms with Crippen molar-refractivity contribution in [2.45, 2.75) is 38.2 Å². The van der Waals surface area contributed by atoms with Gasteiger partial charge in [0.15, 0.2) is 6.04 Å². The van der Waals surface area contributed by atoms with Gasteiger partial charge in [-0.2, -0.15) is 23.7 Å². The van der Waals surface area contributed by atoms with Crippen LogP contribution in [0.5, 0.6) is 0 Å². The predicted octanol–water partition coefficient (Wildman–Crippen LogP) is 4.72. The number of anilines is 1. The number of aliphatic imine (C=N–C) groups is 1. The molecule has 0 saturated heterocycles. The molecule has 2 amide bonds. The standard InChI is InChI=1S/C27H22F3N5O4/c1-15-21(13-32)24(18-9-7-17(12-31)8-10-18)34(14-22-33-23(16(2)39-22)25(36)38-3)26(37)35(15)20-6-4-5-19(11-20)27(28,29)30/h4-11,16,23-24H,14H2,1-3H3. The molecule has 0 radical (unpaired) electrons. The number of methoxy groups -OCH3 is 1. The Morgan fingerprint density at radius 2 is 1.85 bits per heavy atom. The molecule has 0 bridgehead atoms. The number of hydrogen-bond acceptors (Lipinski definition) is 7. The van der Waals surface area contributed by atoms with Gasteiger partial charge in [0.05, 0.1) is 54.2 Å². The molecule has 2 aliphatic heterocycles. The quantitative estimate of drug-likeness (QED) is 0.510. The molecule has 0 aliphatic carbocycles. The minimum Gasteiger partial charge on any atom is -0.474 e. The second kappa shape index (κ2) is 10.5. The summed E-state index contributed by atoms with van der Waals surface area (Å²) in [6, 6.07) is 11.9. The number of benzene rings is 2. The average Bonchev–Trinajstić information content (AvgIpc) is 3.29. The van der Waals surface area contributed by atoms with Crippen LogP contribution in [0, 0.1) is 22.7 Å². The Labute approximate surface area is 222 Å². The maximum atomic E-state index is 14.0. The molecule has 12 heteroatoms. The number of rotatable bonds is 5. The van der Waals surface area contributed by atoms with Crippen LogP contribution in [0.4, 0.5) is 23.7 Å². The average molecular weight is 537 g/mol. The van der Waals surface area contributed by atoms with Gasteiger partial charge in [0, 0.05) is 5.70 Å². The molecule has 3 unspecified atom stereocenters. The first-order chi connectivity index (χ1) is 18.5. The van der Waals surface area contributed by atoms with Gasteiger partial charge in [-0.25, -0.2) is 14.6 Å². The summed E-state index contributed by atoms with van der Waals surface area (Å²) in [6.45, 7) is 2.78. The smallest absolute Gasteiger partial charge is 0.416 e. The van der Waals surface area contributed by atoms with Crippen LogP contribution in [0.2, 0.25) is 0 Å². The summed E-state index contributed by atoms with van der Waals surface area (Å²) in [5.41, 5.74) is 0.0283. The first-order valence-corrected chi connectivity index (χ1v) is 11.7. The summed E-state index contributed by atoms with van der Waals surface area (Å²) >= 11 is 0. The van der Waals surface area contributed by atoms with Crippen molar-refractivity contribution in [2.75, 3.05) is 18.6 Å². The van der Waals surface area contributed by atoms with Gasteiger partial charge in [-0.15, -0.1) is 0 Å². The lowest BCUT2D eigenvalue weighted by molar-refractivity contribution is -0.143. The fraction of sp³-hybridized carbons (Fsp3) is 0.296. The maximum Gasteiger partial charge on any atom is 0.416 e. The first kappa shape index (κ1) is 27.2. The van der Waals surface area contributed by atoms with Crippen molar-refractivity contribution in [3.63, 3.8) is 0 Å². The Morgan fingerprint density at radius 1 is 1.15 bits per heavy atom. The van der Waals surface area contributed by atoms with Crippen LogP contribution in [0.3, 0.4) is 0 Å². The van der Waals surface area contributed by atoms with E-state index in [0.29, 0.717) is 11.1 Å². The second-order valence-corrected chi connectivity index (χ2v) is 8.86. The number of nitrogens with zero attached hydrogens (tertiary/aromatic N) is 5. The minimum absolute atomic E-state index is 0.0192. The molecular formula is C27H22F3N5O4. The van der Waals surface area contributed by atoms with Crippen LogP contribution < -0.4 is 4.90 Å². The number of urea groups is 1. The molecular weight excluding hydrogens is 515 g/mol. The molecule has 0 fully saturated rings. The predicted molar refractivity (Wildman–Crippen MR) is 132 cm³/mol. The number of nitriles is 2. The van der Waals surface area contributed by atoms with E-state index in [1.165, 1.54) is 43.2 Å². The van der Waals surface area contributed by atoms with E-state index in [9.17, 15) is 33.3 Å². The van der Waals surface area contributed by atoms with Crippen LogP contribution in [-0.2, 0) is 20.4 Å². The molecule has 39 heavy (non-hydrogen) atoms. The molecule has 0 aromatic heterocycles. The van der Waals surface area contributed by atoms with Gasteiger partial charge in [0.25, 0.3) is 0 Å². The Balaban J connectivity index is 1.85. The summed E-state index contributed by atoms with van der Waals surface area (Å²) in [5.74, 6) is -0.615. The van der Waals surface area contributed by atoms with Crippen molar-refractivity contribution in [1.82, 2.24) is 4.90 Å². The molecule has 0 spiro atoms. The Bertz CT molecular complexity index is 1450. The highest BCUT2D eigenvalue weighted by atomic mass is 19.4. The van der Waals surface area contributed by atoms with Gasteiger partial charge in [0.2, 0.25) is 5.90 Å². The van der Waals surface area contributed by atoms with Crippen molar-refractivity contribution in [3.8, 4) is 12.1 Å². The highest BCUT2D eigenvalue weighted by Gasteiger charge is 2.43. The number of carbonyl (C=O) groups excluding carboxylic acids is 2. The number of halogens is 3. The SMILES string of the molecule is COC(=O)C1N=C(CN2C(=O)N(c3cccc(C(F)(F)F)c3)C(C)=C(C#N)C2c2ccc(C#N)cc2)OC1C. The van der Waals surface area contributed by atoms with E-state index in [-0.39, 0.29) is 29.4 Å². The molecule has 3 atom stereocenters. The van der Waals surface area contributed by atoms with E-state index in [0.717, 1.165) is 17.0 Å². The second-order valence-electron chi connectivity index (χ2n) is 8.86. The van der Waals surface area contributed by atoms with Crippen LogP contribution in [0.25, 0.3) is 0 Å². The Morgan fingerprint density at radius 3 is 2.44 bits per heavy atom. The van der Waals surface area contributed by atoms with Crippen molar-refractivity contribution < 1.29 is 32.2 Å². The number of esters is 1. The lowest BCUT2D eigenvalue weighted by atomic mass is 9.93. The van der Waals surface area contributed by atoms with Crippen molar-refractivity contribution in [1.29, 1.82) is 10.5 Å². The van der Waals surface area contributed by atoms with Crippen LogP contribution in [0.15, 0.2) is 64.8 Å². The fourth-order valence-corrected chi connectivity index (χ4v) is 4.53. The third-order valence-electron chi connectivity index (χ3n) is 6.45. The number of carbonyl (C=O) groups is 2. The van der Waals surface area contributed by atoms with Crippen LogP contribution in [0.1, 0.15) is 36.6 Å². The van der Waals surface area contributed by atoms with Gasteiger partial charge in [-0.05, 0) is 49.7 Å². The number of amides is 2. The summed E-state index contributed by atoms with van der Waals surface area (Å²) in [6.07, 6.45) is -5.34. The molecule has 200 valence electrons. The molecule has 2 heterocycles. The molecule has 2 aliphatic rings. The summed E-state index contributed by atoms with van der Waals surface area (Å²) in [4.78, 5) is 32.6. The maximum absolute atomic E-state index is 14.0. The van der Waals surface area contributed by atoms with Crippen molar-refractivity contribution in [3.05, 3.63) is 76.5 Å². The van der Waals surface area contributed by atoms with Crippen molar-refractivity contribution >= 4 is 23.6 Å².